The van der Waals surface area contributed by atoms with Gasteiger partial charge in [0.05, 0.1) is 6.20 Å². The second kappa shape index (κ2) is 7.52. The Bertz CT molecular complexity index is 951. The summed E-state index contributed by atoms with van der Waals surface area (Å²) in [6, 6.07) is 10.4. The molecule has 1 aromatic carbocycles. The first-order chi connectivity index (χ1) is 12.5. The lowest BCUT2D eigenvalue weighted by Gasteiger charge is -2.06. The molecule has 0 saturated heterocycles. The van der Waals surface area contributed by atoms with E-state index in [-0.39, 0.29) is 11.8 Å². The maximum absolute atomic E-state index is 12.1. The standard InChI is InChI=1S/C19H17N3O4/c1-12-3-8-16(25-12)9-10-18(23)21-14-4-6-15(7-5-14)22-19(24)17-11-20-26-13(17)2/h3-11H,1-2H3,(H,21,23)(H,22,24). The molecule has 2 aromatic heterocycles. The SMILES string of the molecule is Cc1ccc(C=CC(=O)Nc2ccc(NC(=O)c3cnoc3C)cc2)o1. The van der Waals surface area contributed by atoms with Gasteiger partial charge in [-0.2, -0.15) is 0 Å². The maximum Gasteiger partial charge on any atom is 0.260 e. The Morgan fingerprint density at radius 1 is 1.00 bits per heavy atom. The zero-order chi connectivity index (χ0) is 18.5. The molecule has 2 N–H and O–H groups in total. The van der Waals surface area contributed by atoms with Crippen molar-refractivity contribution in [1.82, 2.24) is 5.16 Å². The van der Waals surface area contributed by atoms with Crippen LogP contribution < -0.4 is 10.6 Å². The molecule has 7 heteroatoms. The molecular formula is C19H17N3O4. The highest BCUT2D eigenvalue weighted by molar-refractivity contribution is 6.05. The third kappa shape index (κ3) is 4.27. The Kier molecular flexibility index (Phi) is 4.98. The fraction of sp³-hybridized carbons (Fsp3) is 0.105. The van der Waals surface area contributed by atoms with Crippen LogP contribution in [0.15, 0.2) is 57.6 Å². The predicted molar refractivity (Wildman–Crippen MR) is 96.7 cm³/mol. The summed E-state index contributed by atoms with van der Waals surface area (Å²) in [5.41, 5.74) is 1.57. The first kappa shape index (κ1) is 17.2. The second-order valence-corrected chi connectivity index (χ2v) is 5.60. The number of aromatic nitrogens is 1. The van der Waals surface area contributed by atoms with Gasteiger partial charge in [0.2, 0.25) is 5.91 Å². The topological polar surface area (TPSA) is 97.4 Å². The minimum atomic E-state index is -0.308. The van der Waals surface area contributed by atoms with Crippen LogP contribution >= 0.6 is 0 Å². The second-order valence-electron chi connectivity index (χ2n) is 5.60. The molecule has 0 radical (unpaired) electrons. The van der Waals surface area contributed by atoms with Crippen LogP contribution in [0.25, 0.3) is 6.08 Å². The number of nitrogens with zero attached hydrogens (tertiary/aromatic N) is 1. The third-order valence-corrected chi connectivity index (χ3v) is 3.57. The molecular weight excluding hydrogens is 334 g/mol. The predicted octanol–water partition coefficient (Wildman–Crippen LogP) is 3.79. The van der Waals surface area contributed by atoms with Gasteiger partial charge >= 0.3 is 0 Å². The van der Waals surface area contributed by atoms with Crippen molar-refractivity contribution in [2.45, 2.75) is 13.8 Å². The van der Waals surface area contributed by atoms with Crippen LogP contribution in [-0.4, -0.2) is 17.0 Å². The average Bonchev–Trinajstić information content (AvgIpc) is 3.23. The van der Waals surface area contributed by atoms with E-state index in [0.717, 1.165) is 5.76 Å². The molecule has 0 unspecified atom stereocenters. The van der Waals surface area contributed by atoms with Crippen molar-refractivity contribution < 1.29 is 18.5 Å². The molecule has 0 aliphatic heterocycles. The number of aryl methyl sites for hydroxylation is 2. The molecule has 0 fully saturated rings. The molecule has 132 valence electrons. The lowest BCUT2D eigenvalue weighted by atomic mass is 10.2. The normalized spacial score (nSPS) is 10.8. The van der Waals surface area contributed by atoms with Gasteiger partial charge in [0.25, 0.3) is 5.91 Å². The minimum Gasteiger partial charge on any atom is -0.462 e. The van der Waals surface area contributed by atoms with E-state index in [0.29, 0.717) is 28.5 Å². The summed E-state index contributed by atoms with van der Waals surface area (Å²) in [6.45, 7) is 3.50. The van der Waals surface area contributed by atoms with Crippen molar-refractivity contribution >= 4 is 29.3 Å². The van der Waals surface area contributed by atoms with Gasteiger partial charge in [-0.15, -0.1) is 0 Å². The van der Waals surface area contributed by atoms with Gasteiger partial charge in [-0.3, -0.25) is 9.59 Å². The number of amides is 2. The largest absolute Gasteiger partial charge is 0.462 e. The Hall–Kier alpha value is -3.61. The highest BCUT2D eigenvalue weighted by Gasteiger charge is 2.12. The lowest BCUT2D eigenvalue weighted by Crippen LogP contribution is -2.12. The number of carbonyl (C=O) groups excluding carboxylic acids is 2. The van der Waals surface area contributed by atoms with Crippen molar-refractivity contribution in [3.63, 3.8) is 0 Å². The Labute approximate surface area is 149 Å². The summed E-state index contributed by atoms with van der Waals surface area (Å²) in [6.07, 6.45) is 4.35. The first-order valence-corrected chi connectivity index (χ1v) is 7.89. The highest BCUT2D eigenvalue weighted by atomic mass is 16.5. The fourth-order valence-electron chi connectivity index (χ4n) is 2.24. The molecule has 0 spiro atoms. The summed E-state index contributed by atoms with van der Waals surface area (Å²) in [4.78, 5) is 24.0. The van der Waals surface area contributed by atoms with Gasteiger partial charge in [0.15, 0.2) is 0 Å². The van der Waals surface area contributed by atoms with E-state index in [1.165, 1.54) is 12.3 Å². The number of rotatable bonds is 5. The van der Waals surface area contributed by atoms with Gasteiger partial charge in [-0.1, -0.05) is 5.16 Å². The van der Waals surface area contributed by atoms with Gasteiger partial charge in [0, 0.05) is 17.5 Å². The van der Waals surface area contributed by atoms with Crippen LogP contribution in [0.1, 0.15) is 27.6 Å². The molecule has 2 heterocycles. The average molecular weight is 351 g/mol. The van der Waals surface area contributed by atoms with Crippen molar-refractivity contribution in [2.24, 2.45) is 0 Å². The van der Waals surface area contributed by atoms with Gasteiger partial charge in [-0.25, -0.2) is 0 Å². The van der Waals surface area contributed by atoms with E-state index in [1.807, 2.05) is 13.0 Å². The molecule has 0 bridgehead atoms. The lowest BCUT2D eigenvalue weighted by molar-refractivity contribution is -0.111. The number of furan rings is 1. The first-order valence-electron chi connectivity index (χ1n) is 7.89. The molecule has 26 heavy (non-hydrogen) atoms. The van der Waals surface area contributed by atoms with Gasteiger partial charge < -0.3 is 19.6 Å². The summed E-state index contributed by atoms with van der Waals surface area (Å²) >= 11 is 0. The summed E-state index contributed by atoms with van der Waals surface area (Å²) in [5, 5.41) is 9.04. The van der Waals surface area contributed by atoms with Gasteiger partial charge in [0.1, 0.15) is 22.8 Å². The summed E-state index contributed by atoms with van der Waals surface area (Å²) < 4.78 is 10.2. The van der Waals surface area contributed by atoms with Crippen molar-refractivity contribution in [1.29, 1.82) is 0 Å². The fourth-order valence-corrected chi connectivity index (χ4v) is 2.24. The molecule has 2 amide bonds. The molecule has 0 aliphatic carbocycles. The molecule has 0 aliphatic rings. The number of anilines is 2. The number of hydrogen-bond donors (Lipinski definition) is 2. The smallest absolute Gasteiger partial charge is 0.260 e. The van der Waals surface area contributed by atoms with E-state index in [1.54, 1.807) is 43.3 Å². The number of hydrogen-bond acceptors (Lipinski definition) is 5. The zero-order valence-electron chi connectivity index (χ0n) is 14.3. The van der Waals surface area contributed by atoms with E-state index in [9.17, 15) is 9.59 Å². The van der Waals surface area contributed by atoms with Crippen LogP contribution in [0.4, 0.5) is 11.4 Å². The Morgan fingerprint density at radius 3 is 2.27 bits per heavy atom. The molecule has 3 rings (SSSR count). The monoisotopic (exact) mass is 351 g/mol. The van der Waals surface area contributed by atoms with Crippen molar-refractivity contribution in [2.75, 3.05) is 10.6 Å². The van der Waals surface area contributed by atoms with E-state index >= 15 is 0 Å². The summed E-state index contributed by atoms with van der Waals surface area (Å²) in [5.74, 6) is 1.25. The number of carbonyl (C=O) groups is 2. The maximum atomic E-state index is 12.1. The molecule has 7 nitrogen and oxygen atoms in total. The van der Waals surface area contributed by atoms with Gasteiger partial charge in [-0.05, 0) is 56.3 Å². The highest BCUT2D eigenvalue weighted by Crippen LogP contribution is 2.16. The van der Waals surface area contributed by atoms with Crippen LogP contribution in [0, 0.1) is 13.8 Å². The molecule has 0 atom stereocenters. The van der Waals surface area contributed by atoms with E-state index in [4.69, 9.17) is 8.94 Å². The van der Waals surface area contributed by atoms with Crippen LogP contribution in [0.3, 0.4) is 0 Å². The number of nitrogens with one attached hydrogen (secondary N) is 2. The van der Waals surface area contributed by atoms with Crippen LogP contribution in [0.5, 0.6) is 0 Å². The zero-order valence-corrected chi connectivity index (χ0v) is 14.3. The molecule has 3 aromatic rings. The van der Waals surface area contributed by atoms with Crippen LogP contribution in [-0.2, 0) is 4.79 Å². The van der Waals surface area contributed by atoms with E-state index < -0.39 is 0 Å². The summed E-state index contributed by atoms with van der Waals surface area (Å²) in [7, 11) is 0. The Morgan fingerprint density at radius 2 is 1.69 bits per heavy atom. The third-order valence-electron chi connectivity index (χ3n) is 3.57. The number of benzene rings is 1. The van der Waals surface area contributed by atoms with Crippen molar-refractivity contribution in [3.05, 3.63) is 71.5 Å². The molecule has 0 saturated carbocycles. The van der Waals surface area contributed by atoms with Crippen LogP contribution in [0.2, 0.25) is 0 Å². The quantitative estimate of drug-likeness (QED) is 0.682. The van der Waals surface area contributed by atoms with Crippen molar-refractivity contribution in [3.8, 4) is 0 Å². The minimum absolute atomic E-state index is 0.282. The Balaban J connectivity index is 1.57. The van der Waals surface area contributed by atoms with E-state index in [2.05, 4.69) is 15.8 Å².